The van der Waals surface area contributed by atoms with Crippen molar-refractivity contribution in [1.29, 1.82) is 0 Å². The van der Waals surface area contributed by atoms with E-state index in [-0.39, 0.29) is 25.9 Å². The Kier molecular flexibility index (Phi) is 7.39. The third-order valence-electron chi connectivity index (χ3n) is 1.34. The van der Waals surface area contributed by atoms with E-state index >= 15 is 0 Å². The monoisotopic (exact) mass is 178 g/mol. The molecule has 0 fully saturated rings. The Balaban J connectivity index is 3.24. The first kappa shape index (κ1) is 11.8. The van der Waals surface area contributed by atoms with Crippen molar-refractivity contribution >= 4 is 0 Å². The van der Waals surface area contributed by atoms with Crippen LogP contribution in [-0.2, 0) is 9.47 Å². The maximum absolute atomic E-state index is 9.19. The van der Waals surface area contributed by atoms with E-state index in [1.54, 1.807) is 6.92 Å². The summed E-state index contributed by atoms with van der Waals surface area (Å²) in [5.41, 5.74) is 0. The second-order valence-corrected chi connectivity index (χ2v) is 2.64. The fourth-order valence-electron chi connectivity index (χ4n) is 0.630. The zero-order chi connectivity index (χ0) is 9.40. The molecule has 4 heteroatoms. The Morgan fingerprint density at radius 3 is 2.50 bits per heavy atom. The molecular formula is C8H18O4. The van der Waals surface area contributed by atoms with Gasteiger partial charge in [0, 0.05) is 6.61 Å². The molecule has 0 bridgehead atoms. The van der Waals surface area contributed by atoms with Crippen LogP contribution in [0.25, 0.3) is 0 Å². The number of aliphatic hydroxyl groups excluding tert-OH is 2. The van der Waals surface area contributed by atoms with Gasteiger partial charge in [-0.05, 0) is 13.8 Å². The molecule has 4 nitrogen and oxygen atoms in total. The van der Waals surface area contributed by atoms with Crippen molar-refractivity contribution in [2.75, 3.05) is 26.4 Å². The lowest BCUT2D eigenvalue weighted by atomic mass is 10.4. The Morgan fingerprint density at radius 1 is 1.33 bits per heavy atom. The topological polar surface area (TPSA) is 58.9 Å². The SMILES string of the molecule is CCOCC(O)COC(C)CO. The zero-order valence-electron chi connectivity index (χ0n) is 7.69. The highest BCUT2D eigenvalue weighted by atomic mass is 16.5. The van der Waals surface area contributed by atoms with Crippen LogP contribution in [0.4, 0.5) is 0 Å². The Morgan fingerprint density at radius 2 is 2.00 bits per heavy atom. The molecule has 0 spiro atoms. The quantitative estimate of drug-likeness (QED) is 0.566. The van der Waals surface area contributed by atoms with Crippen molar-refractivity contribution in [2.45, 2.75) is 26.1 Å². The molecule has 0 saturated heterocycles. The van der Waals surface area contributed by atoms with Gasteiger partial charge in [-0.3, -0.25) is 0 Å². The first-order chi connectivity index (χ1) is 5.70. The van der Waals surface area contributed by atoms with E-state index in [4.69, 9.17) is 14.6 Å². The standard InChI is InChI=1S/C8H18O4/c1-3-11-5-8(10)6-12-7(2)4-9/h7-10H,3-6H2,1-2H3. The van der Waals surface area contributed by atoms with Crippen LogP contribution in [0.15, 0.2) is 0 Å². The van der Waals surface area contributed by atoms with Crippen LogP contribution in [0.5, 0.6) is 0 Å². The van der Waals surface area contributed by atoms with Gasteiger partial charge in [-0.15, -0.1) is 0 Å². The minimum Gasteiger partial charge on any atom is -0.394 e. The Hall–Kier alpha value is -0.160. The van der Waals surface area contributed by atoms with Crippen LogP contribution in [0, 0.1) is 0 Å². The Labute approximate surface area is 73.1 Å². The van der Waals surface area contributed by atoms with E-state index in [9.17, 15) is 5.11 Å². The average Bonchev–Trinajstić information content (AvgIpc) is 2.10. The number of ether oxygens (including phenoxy) is 2. The largest absolute Gasteiger partial charge is 0.394 e. The predicted octanol–water partition coefficient (Wildman–Crippen LogP) is -0.219. The maximum atomic E-state index is 9.19. The second kappa shape index (κ2) is 7.49. The number of aliphatic hydroxyl groups is 2. The van der Waals surface area contributed by atoms with Gasteiger partial charge in [-0.2, -0.15) is 0 Å². The van der Waals surface area contributed by atoms with E-state index in [1.807, 2.05) is 6.92 Å². The second-order valence-electron chi connectivity index (χ2n) is 2.64. The van der Waals surface area contributed by atoms with Gasteiger partial charge in [-0.1, -0.05) is 0 Å². The van der Waals surface area contributed by atoms with E-state index in [1.165, 1.54) is 0 Å². The average molecular weight is 178 g/mol. The van der Waals surface area contributed by atoms with Crippen LogP contribution in [-0.4, -0.2) is 48.8 Å². The fourth-order valence-corrected chi connectivity index (χ4v) is 0.630. The molecule has 74 valence electrons. The van der Waals surface area contributed by atoms with Gasteiger partial charge in [-0.25, -0.2) is 0 Å². The minimum absolute atomic E-state index is 0.0264. The molecule has 0 aliphatic carbocycles. The summed E-state index contributed by atoms with van der Waals surface area (Å²) in [4.78, 5) is 0. The summed E-state index contributed by atoms with van der Waals surface area (Å²) in [6, 6.07) is 0. The van der Waals surface area contributed by atoms with Crippen molar-refractivity contribution in [2.24, 2.45) is 0 Å². The van der Waals surface area contributed by atoms with Gasteiger partial charge in [0.15, 0.2) is 0 Å². The zero-order valence-corrected chi connectivity index (χ0v) is 7.69. The van der Waals surface area contributed by atoms with Gasteiger partial charge >= 0.3 is 0 Å². The first-order valence-corrected chi connectivity index (χ1v) is 4.19. The van der Waals surface area contributed by atoms with Crippen LogP contribution in [0.3, 0.4) is 0 Å². The minimum atomic E-state index is -0.598. The summed E-state index contributed by atoms with van der Waals surface area (Å²) in [6.45, 7) is 4.67. The van der Waals surface area contributed by atoms with Crippen LogP contribution < -0.4 is 0 Å². The molecule has 2 unspecified atom stereocenters. The lowest BCUT2D eigenvalue weighted by Crippen LogP contribution is -2.25. The highest BCUT2D eigenvalue weighted by molar-refractivity contribution is 4.53. The fraction of sp³-hybridized carbons (Fsp3) is 1.00. The maximum Gasteiger partial charge on any atom is 0.101 e. The predicted molar refractivity (Wildman–Crippen MR) is 45.0 cm³/mol. The van der Waals surface area contributed by atoms with E-state index in [2.05, 4.69) is 0 Å². The third-order valence-corrected chi connectivity index (χ3v) is 1.34. The molecule has 0 aliphatic rings. The van der Waals surface area contributed by atoms with Gasteiger partial charge < -0.3 is 19.7 Å². The summed E-state index contributed by atoms with van der Waals surface area (Å²) >= 11 is 0. The molecule has 2 N–H and O–H groups in total. The van der Waals surface area contributed by atoms with Gasteiger partial charge in [0.05, 0.1) is 25.9 Å². The number of hydrogen-bond donors (Lipinski definition) is 2. The summed E-state index contributed by atoms with van der Waals surface area (Å²) in [5, 5.41) is 17.8. The summed E-state index contributed by atoms with van der Waals surface area (Å²) in [5.74, 6) is 0. The van der Waals surface area contributed by atoms with Crippen LogP contribution in [0.2, 0.25) is 0 Å². The smallest absolute Gasteiger partial charge is 0.101 e. The molecule has 0 rings (SSSR count). The normalized spacial score (nSPS) is 16.0. The van der Waals surface area contributed by atoms with Crippen molar-refractivity contribution in [1.82, 2.24) is 0 Å². The van der Waals surface area contributed by atoms with Crippen molar-refractivity contribution < 1.29 is 19.7 Å². The van der Waals surface area contributed by atoms with Crippen molar-refractivity contribution in [3.63, 3.8) is 0 Å². The van der Waals surface area contributed by atoms with E-state index in [0.29, 0.717) is 6.61 Å². The lowest BCUT2D eigenvalue weighted by molar-refractivity contribution is -0.0503. The molecule has 12 heavy (non-hydrogen) atoms. The molecule has 0 heterocycles. The highest BCUT2D eigenvalue weighted by Gasteiger charge is 2.06. The van der Waals surface area contributed by atoms with Crippen molar-refractivity contribution in [3.05, 3.63) is 0 Å². The molecular weight excluding hydrogens is 160 g/mol. The first-order valence-electron chi connectivity index (χ1n) is 4.19. The van der Waals surface area contributed by atoms with Gasteiger partial charge in [0.1, 0.15) is 6.10 Å². The van der Waals surface area contributed by atoms with Crippen LogP contribution >= 0.6 is 0 Å². The van der Waals surface area contributed by atoms with Gasteiger partial charge in [0.2, 0.25) is 0 Å². The summed E-state index contributed by atoms with van der Waals surface area (Å²) in [7, 11) is 0. The van der Waals surface area contributed by atoms with Gasteiger partial charge in [0.25, 0.3) is 0 Å². The molecule has 0 amide bonds. The molecule has 0 aromatic carbocycles. The number of hydrogen-bond acceptors (Lipinski definition) is 4. The van der Waals surface area contributed by atoms with E-state index in [0.717, 1.165) is 0 Å². The van der Waals surface area contributed by atoms with E-state index < -0.39 is 6.10 Å². The van der Waals surface area contributed by atoms with Crippen LogP contribution in [0.1, 0.15) is 13.8 Å². The molecule has 0 aliphatic heterocycles. The molecule has 0 radical (unpaired) electrons. The third kappa shape index (κ3) is 6.54. The summed E-state index contributed by atoms with van der Waals surface area (Å²) < 4.78 is 10.0. The lowest BCUT2D eigenvalue weighted by Gasteiger charge is -2.14. The molecule has 2 atom stereocenters. The summed E-state index contributed by atoms with van der Waals surface area (Å²) in [6.07, 6.45) is -0.819. The molecule has 0 aromatic heterocycles. The molecule has 0 aromatic rings. The number of rotatable bonds is 7. The highest BCUT2D eigenvalue weighted by Crippen LogP contribution is 1.92. The molecule has 0 saturated carbocycles. The van der Waals surface area contributed by atoms with Crippen molar-refractivity contribution in [3.8, 4) is 0 Å². The Bertz CT molecular complexity index is 97.1.